The number of carbonyl (C=O) groups excluding carboxylic acids is 1. The van der Waals surface area contributed by atoms with Gasteiger partial charge in [0.1, 0.15) is 5.82 Å². The van der Waals surface area contributed by atoms with Gasteiger partial charge in [-0.3, -0.25) is 9.69 Å². The molecule has 1 aromatic rings. The number of aromatic nitrogens is 2. The second-order valence-electron chi connectivity index (χ2n) is 5.78. The van der Waals surface area contributed by atoms with E-state index in [2.05, 4.69) is 39.4 Å². The minimum absolute atomic E-state index is 0.136. The van der Waals surface area contributed by atoms with E-state index in [0.717, 1.165) is 26.2 Å². The fourth-order valence-electron chi connectivity index (χ4n) is 2.31. The molecule has 0 spiro atoms. The number of likely N-dealkylation sites (N-methyl/N-ethyl adjacent to an activating group) is 2. The summed E-state index contributed by atoms with van der Waals surface area (Å²) in [4.78, 5) is 17.9. The van der Waals surface area contributed by atoms with Crippen molar-refractivity contribution < 1.29 is 4.79 Å². The average molecular weight is 292 g/mol. The molecule has 1 fully saturated rings. The Morgan fingerprint density at radius 3 is 2.71 bits per heavy atom. The molecule has 1 unspecified atom stereocenters. The monoisotopic (exact) mass is 292 g/mol. The Kier molecular flexibility index (Phi) is 5.08. The summed E-state index contributed by atoms with van der Waals surface area (Å²) >= 11 is 0. The molecule has 1 aromatic heterocycles. The Balaban J connectivity index is 1.90. The number of nitrogens with one attached hydrogen (secondary N) is 1. The summed E-state index contributed by atoms with van der Waals surface area (Å²) in [5.41, 5.74) is 0.361. The molecule has 1 saturated heterocycles. The zero-order valence-corrected chi connectivity index (χ0v) is 13.2. The molecule has 0 aromatic carbocycles. The van der Waals surface area contributed by atoms with E-state index in [4.69, 9.17) is 0 Å². The van der Waals surface area contributed by atoms with Crippen molar-refractivity contribution in [3.63, 3.8) is 0 Å². The fraction of sp³-hybridized carbons (Fsp3) is 0.643. The van der Waals surface area contributed by atoms with Crippen LogP contribution in [0.2, 0.25) is 0 Å². The molecule has 0 aliphatic carbocycles. The van der Waals surface area contributed by atoms with Crippen molar-refractivity contribution in [2.24, 2.45) is 0 Å². The first-order valence-electron chi connectivity index (χ1n) is 7.15. The van der Waals surface area contributed by atoms with Crippen molar-refractivity contribution in [2.45, 2.75) is 6.04 Å². The molecular formula is C14H24N6O. The lowest BCUT2D eigenvalue weighted by Crippen LogP contribution is -2.52. The summed E-state index contributed by atoms with van der Waals surface area (Å²) < 4.78 is 0. The van der Waals surface area contributed by atoms with Crippen molar-refractivity contribution >= 4 is 11.7 Å². The second kappa shape index (κ2) is 6.82. The van der Waals surface area contributed by atoms with Gasteiger partial charge in [-0.2, -0.15) is 0 Å². The summed E-state index contributed by atoms with van der Waals surface area (Å²) in [5, 5.41) is 11.3. The van der Waals surface area contributed by atoms with Crippen LogP contribution in [0.25, 0.3) is 0 Å². The molecule has 1 amide bonds. The number of hydrogen-bond acceptors (Lipinski definition) is 6. The van der Waals surface area contributed by atoms with Crippen LogP contribution in [0.15, 0.2) is 12.1 Å². The van der Waals surface area contributed by atoms with Crippen LogP contribution in [0.1, 0.15) is 10.5 Å². The largest absolute Gasteiger partial charge is 0.367 e. The molecule has 2 heterocycles. The van der Waals surface area contributed by atoms with Crippen molar-refractivity contribution in [3.05, 3.63) is 17.8 Å². The zero-order valence-electron chi connectivity index (χ0n) is 13.2. The minimum atomic E-state index is -0.136. The van der Waals surface area contributed by atoms with E-state index in [9.17, 15) is 4.79 Å². The van der Waals surface area contributed by atoms with E-state index in [-0.39, 0.29) is 5.91 Å². The first kappa shape index (κ1) is 15.7. The van der Waals surface area contributed by atoms with Crippen LogP contribution >= 0.6 is 0 Å². The Labute approximate surface area is 125 Å². The third-order valence-corrected chi connectivity index (χ3v) is 3.79. The van der Waals surface area contributed by atoms with E-state index in [1.54, 1.807) is 26.2 Å². The number of rotatable bonds is 4. The van der Waals surface area contributed by atoms with Crippen LogP contribution in [-0.4, -0.2) is 91.2 Å². The summed E-state index contributed by atoms with van der Waals surface area (Å²) in [6.45, 7) is 4.03. The number of hydrogen-bond donors (Lipinski definition) is 1. The molecule has 1 aliphatic heterocycles. The summed E-state index contributed by atoms with van der Waals surface area (Å²) in [6, 6.07) is 3.96. The normalized spacial score (nSPS) is 20.3. The van der Waals surface area contributed by atoms with Crippen LogP contribution in [0, 0.1) is 0 Å². The highest BCUT2D eigenvalue weighted by molar-refractivity contribution is 5.91. The summed E-state index contributed by atoms with van der Waals surface area (Å²) in [6.07, 6.45) is 0. The molecule has 2 rings (SSSR count). The first-order chi connectivity index (χ1) is 9.97. The van der Waals surface area contributed by atoms with Gasteiger partial charge >= 0.3 is 0 Å². The SMILES string of the molecule is CN1CCN(C)C(CNc2ccc(C(=O)N(C)C)nn2)C1. The molecular weight excluding hydrogens is 268 g/mol. The average Bonchev–Trinajstić information content (AvgIpc) is 2.48. The Bertz CT molecular complexity index is 475. The fourth-order valence-corrected chi connectivity index (χ4v) is 2.31. The molecule has 1 aliphatic rings. The third-order valence-electron chi connectivity index (χ3n) is 3.79. The number of amides is 1. The Morgan fingerprint density at radius 2 is 2.10 bits per heavy atom. The van der Waals surface area contributed by atoms with Gasteiger partial charge in [0.15, 0.2) is 5.69 Å². The van der Waals surface area contributed by atoms with Gasteiger partial charge in [0.25, 0.3) is 5.91 Å². The molecule has 7 heteroatoms. The summed E-state index contributed by atoms with van der Waals surface area (Å²) in [7, 11) is 7.68. The molecule has 116 valence electrons. The van der Waals surface area contributed by atoms with Gasteiger partial charge in [0.2, 0.25) is 0 Å². The van der Waals surface area contributed by atoms with E-state index < -0.39 is 0 Å². The van der Waals surface area contributed by atoms with Gasteiger partial charge in [0, 0.05) is 46.3 Å². The highest BCUT2D eigenvalue weighted by Crippen LogP contribution is 2.08. The highest BCUT2D eigenvalue weighted by Gasteiger charge is 2.21. The highest BCUT2D eigenvalue weighted by atomic mass is 16.2. The van der Waals surface area contributed by atoms with Gasteiger partial charge in [0.05, 0.1) is 0 Å². The standard InChI is InChI=1S/C14H24N6O/c1-18(2)14(21)12-5-6-13(17-16-12)15-9-11-10-19(3)7-8-20(11)4/h5-6,11H,7-10H2,1-4H3,(H,15,17). The topological polar surface area (TPSA) is 64.6 Å². The van der Waals surface area contributed by atoms with Gasteiger partial charge in [-0.05, 0) is 26.2 Å². The number of carbonyl (C=O) groups is 1. The third kappa shape index (κ3) is 4.12. The zero-order chi connectivity index (χ0) is 15.4. The van der Waals surface area contributed by atoms with E-state index in [1.807, 2.05) is 0 Å². The predicted octanol–water partition coefficient (Wildman–Crippen LogP) is -0.164. The van der Waals surface area contributed by atoms with Crippen LogP contribution in [-0.2, 0) is 0 Å². The predicted molar refractivity (Wildman–Crippen MR) is 82.5 cm³/mol. The minimum Gasteiger partial charge on any atom is -0.367 e. The van der Waals surface area contributed by atoms with Crippen LogP contribution in [0.5, 0.6) is 0 Å². The molecule has 0 radical (unpaired) electrons. The maximum Gasteiger partial charge on any atom is 0.273 e. The van der Waals surface area contributed by atoms with Crippen molar-refractivity contribution in [3.8, 4) is 0 Å². The first-order valence-corrected chi connectivity index (χ1v) is 7.15. The molecule has 21 heavy (non-hydrogen) atoms. The molecule has 0 bridgehead atoms. The lowest BCUT2D eigenvalue weighted by molar-refractivity contribution is 0.0821. The van der Waals surface area contributed by atoms with E-state index in [1.165, 1.54) is 4.90 Å². The Hall–Kier alpha value is -1.73. The lowest BCUT2D eigenvalue weighted by Gasteiger charge is -2.37. The second-order valence-corrected chi connectivity index (χ2v) is 5.78. The van der Waals surface area contributed by atoms with E-state index >= 15 is 0 Å². The van der Waals surface area contributed by atoms with Crippen molar-refractivity contribution in [1.82, 2.24) is 24.9 Å². The maximum atomic E-state index is 11.7. The number of anilines is 1. The maximum absolute atomic E-state index is 11.7. The van der Waals surface area contributed by atoms with Crippen LogP contribution < -0.4 is 5.32 Å². The number of piperazine rings is 1. The van der Waals surface area contributed by atoms with Crippen molar-refractivity contribution in [1.29, 1.82) is 0 Å². The lowest BCUT2D eigenvalue weighted by atomic mass is 10.2. The Morgan fingerprint density at radius 1 is 1.33 bits per heavy atom. The van der Waals surface area contributed by atoms with Crippen molar-refractivity contribution in [2.75, 3.05) is 59.7 Å². The number of nitrogens with zero attached hydrogens (tertiary/aromatic N) is 5. The molecule has 7 nitrogen and oxygen atoms in total. The van der Waals surface area contributed by atoms with Gasteiger partial charge in [-0.15, -0.1) is 10.2 Å². The smallest absolute Gasteiger partial charge is 0.273 e. The van der Waals surface area contributed by atoms with Gasteiger partial charge < -0.3 is 15.1 Å². The quantitative estimate of drug-likeness (QED) is 0.832. The molecule has 1 N–H and O–H groups in total. The van der Waals surface area contributed by atoms with Crippen LogP contribution in [0.4, 0.5) is 5.82 Å². The molecule has 0 saturated carbocycles. The van der Waals surface area contributed by atoms with Gasteiger partial charge in [-0.1, -0.05) is 0 Å². The van der Waals surface area contributed by atoms with Gasteiger partial charge in [-0.25, -0.2) is 0 Å². The summed E-state index contributed by atoms with van der Waals surface area (Å²) in [5.74, 6) is 0.564. The van der Waals surface area contributed by atoms with E-state index in [0.29, 0.717) is 17.6 Å². The van der Waals surface area contributed by atoms with Crippen LogP contribution in [0.3, 0.4) is 0 Å². The molecule has 1 atom stereocenters.